The topological polar surface area (TPSA) is 56.4 Å². The van der Waals surface area contributed by atoms with Gasteiger partial charge in [0.25, 0.3) is 0 Å². The molecule has 0 radical (unpaired) electrons. The molecule has 1 aromatic rings. The molecule has 144 valence electrons. The van der Waals surface area contributed by atoms with Crippen molar-refractivity contribution in [2.45, 2.75) is 63.1 Å². The first kappa shape index (κ1) is 19.8. The van der Waals surface area contributed by atoms with E-state index in [4.69, 9.17) is 0 Å². The maximum atomic E-state index is 12.7. The summed E-state index contributed by atoms with van der Waals surface area (Å²) in [6.07, 6.45) is 1.07. The first-order chi connectivity index (χ1) is 12.3. The van der Waals surface area contributed by atoms with Crippen molar-refractivity contribution in [2.24, 2.45) is 5.92 Å². The normalized spacial score (nSPS) is 26.8. The number of carbonyl (C=O) groups excluding carboxylic acids is 1. The summed E-state index contributed by atoms with van der Waals surface area (Å²) in [4.78, 5) is 15.3. The summed E-state index contributed by atoms with van der Waals surface area (Å²) in [6, 6.07) is 8.66. The molecule has 1 amide bonds. The van der Waals surface area contributed by atoms with E-state index in [9.17, 15) is 4.79 Å². The number of fused-ring (bicyclic) bond motifs is 1. The molecule has 1 fully saturated rings. The minimum atomic E-state index is -0.250. The van der Waals surface area contributed by atoms with Gasteiger partial charge in [-0.2, -0.15) is 0 Å². The van der Waals surface area contributed by atoms with Gasteiger partial charge in [0.2, 0.25) is 5.91 Å². The van der Waals surface area contributed by atoms with E-state index in [1.165, 1.54) is 11.1 Å². The average Bonchev–Trinajstić information content (AvgIpc) is 3.01. The number of alkyl halides is 1. The number of carbonyl (C=O) groups is 1. The highest BCUT2D eigenvalue weighted by molar-refractivity contribution is 9.09. The highest BCUT2D eigenvalue weighted by Gasteiger charge is 2.40. The number of hydrogen-bond donors (Lipinski definition) is 3. The van der Waals surface area contributed by atoms with Crippen molar-refractivity contribution in [1.82, 2.24) is 21.1 Å². The van der Waals surface area contributed by atoms with Gasteiger partial charge in [-0.3, -0.25) is 15.1 Å². The largest absolute Gasteiger partial charge is 0.353 e. The predicted molar refractivity (Wildman–Crippen MR) is 109 cm³/mol. The van der Waals surface area contributed by atoms with Gasteiger partial charge in [0, 0.05) is 31.2 Å². The molecule has 1 saturated heterocycles. The molecule has 2 aliphatic rings. The lowest BCUT2D eigenvalue weighted by atomic mass is 9.94. The van der Waals surface area contributed by atoms with E-state index in [2.05, 4.69) is 89.0 Å². The van der Waals surface area contributed by atoms with Crippen LogP contribution >= 0.6 is 15.9 Å². The van der Waals surface area contributed by atoms with E-state index in [-0.39, 0.29) is 28.4 Å². The Hall–Kier alpha value is -0.950. The minimum absolute atomic E-state index is 0.0491. The molecule has 2 heterocycles. The number of amides is 1. The lowest BCUT2D eigenvalue weighted by molar-refractivity contribution is -0.123. The molecule has 3 atom stereocenters. The second-order valence-electron chi connectivity index (χ2n) is 8.45. The minimum Gasteiger partial charge on any atom is -0.353 e. The van der Waals surface area contributed by atoms with E-state index in [1.54, 1.807) is 0 Å². The standard InChI is InChI=1S/C20H31BrN4O/c1-13(2)17-16(21)18(24-23-17)19(26)22-12-20(3,4)25-10-9-14-7-5-6-8-15(14)11-25/h5-8,13,16-18,23-24H,9-12H2,1-4H3,(H,22,26). The SMILES string of the molecule is CC(C)C1NNC(C(=O)NCC(C)(C)N2CCc3ccccc3C2)C1Br. The van der Waals surface area contributed by atoms with E-state index in [0.29, 0.717) is 12.5 Å². The number of benzene rings is 1. The second-order valence-corrected chi connectivity index (χ2v) is 9.51. The molecule has 0 aromatic heterocycles. The van der Waals surface area contributed by atoms with Crippen LogP contribution in [0, 0.1) is 5.92 Å². The summed E-state index contributed by atoms with van der Waals surface area (Å²) in [6.45, 7) is 11.3. The third-order valence-electron chi connectivity index (χ3n) is 5.75. The lowest BCUT2D eigenvalue weighted by Crippen LogP contribution is -2.56. The summed E-state index contributed by atoms with van der Waals surface area (Å²) in [7, 11) is 0. The summed E-state index contributed by atoms with van der Waals surface area (Å²) in [5.74, 6) is 0.502. The number of rotatable bonds is 5. The van der Waals surface area contributed by atoms with Crippen molar-refractivity contribution in [1.29, 1.82) is 0 Å². The zero-order chi connectivity index (χ0) is 18.9. The van der Waals surface area contributed by atoms with Crippen LogP contribution in [0.1, 0.15) is 38.8 Å². The highest BCUT2D eigenvalue weighted by Crippen LogP contribution is 2.25. The van der Waals surface area contributed by atoms with Crippen molar-refractivity contribution < 1.29 is 4.79 Å². The first-order valence-electron chi connectivity index (χ1n) is 9.54. The number of halogens is 1. The van der Waals surface area contributed by atoms with Crippen LogP contribution in [-0.2, 0) is 17.8 Å². The van der Waals surface area contributed by atoms with Gasteiger partial charge in [-0.15, -0.1) is 0 Å². The smallest absolute Gasteiger partial charge is 0.239 e. The van der Waals surface area contributed by atoms with Gasteiger partial charge in [-0.25, -0.2) is 5.43 Å². The summed E-state index contributed by atoms with van der Waals surface area (Å²) >= 11 is 3.69. The molecule has 3 unspecified atom stereocenters. The van der Waals surface area contributed by atoms with Gasteiger partial charge < -0.3 is 5.32 Å². The van der Waals surface area contributed by atoms with E-state index in [1.807, 2.05) is 0 Å². The lowest BCUT2D eigenvalue weighted by Gasteiger charge is -2.41. The van der Waals surface area contributed by atoms with Crippen LogP contribution in [0.5, 0.6) is 0 Å². The molecule has 0 saturated carbocycles. The maximum Gasteiger partial charge on any atom is 0.239 e. The monoisotopic (exact) mass is 422 g/mol. The number of hydrazine groups is 1. The van der Waals surface area contributed by atoms with Crippen LogP contribution in [0.4, 0.5) is 0 Å². The molecule has 3 N–H and O–H groups in total. The Balaban J connectivity index is 1.56. The predicted octanol–water partition coefficient (Wildman–Crippen LogP) is 2.20. The molecular formula is C20H31BrN4O. The van der Waals surface area contributed by atoms with Crippen molar-refractivity contribution >= 4 is 21.8 Å². The highest BCUT2D eigenvalue weighted by atomic mass is 79.9. The molecule has 0 spiro atoms. The number of nitrogens with zero attached hydrogens (tertiary/aromatic N) is 1. The first-order valence-corrected chi connectivity index (χ1v) is 10.5. The maximum absolute atomic E-state index is 12.7. The van der Waals surface area contributed by atoms with Gasteiger partial charge in [-0.1, -0.05) is 54.0 Å². The Morgan fingerprint density at radius 1 is 1.31 bits per heavy atom. The van der Waals surface area contributed by atoms with Crippen LogP contribution in [0.3, 0.4) is 0 Å². The molecule has 0 aliphatic carbocycles. The molecule has 5 nitrogen and oxygen atoms in total. The Morgan fingerprint density at radius 2 is 2.00 bits per heavy atom. The molecular weight excluding hydrogens is 392 g/mol. The molecule has 3 rings (SSSR count). The average molecular weight is 423 g/mol. The van der Waals surface area contributed by atoms with Crippen molar-refractivity contribution in [2.75, 3.05) is 13.1 Å². The quantitative estimate of drug-likeness (QED) is 0.636. The van der Waals surface area contributed by atoms with Crippen molar-refractivity contribution in [3.63, 3.8) is 0 Å². The van der Waals surface area contributed by atoms with Gasteiger partial charge in [0.1, 0.15) is 6.04 Å². The van der Waals surface area contributed by atoms with Crippen LogP contribution in [0.25, 0.3) is 0 Å². The Bertz CT molecular complexity index is 648. The van der Waals surface area contributed by atoms with Crippen molar-refractivity contribution in [3.8, 4) is 0 Å². The Labute approximate surface area is 165 Å². The molecule has 6 heteroatoms. The molecule has 1 aromatic carbocycles. The van der Waals surface area contributed by atoms with Crippen LogP contribution < -0.4 is 16.2 Å². The molecule has 26 heavy (non-hydrogen) atoms. The summed E-state index contributed by atoms with van der Waals surface area (Å²) in [5, 5.41) is 3.16. The van der Waals surface area contributed by atoms with Gasteiger partial charge in [0.15, 0.2) is 0 Å². The third-order valence-corrected chi connectivity index (χ3v) is 6.85. The second kappa shape index (κ2) is 7.97. The van der Waals surface area contributed by atoms with Crippen LogP contribution in [0.2, 0.25) is 0 Å². The molecule has 0 bridgehead atoms. The van der Waals surface area contributed by atoms with E-state index < -0.39 is 0 Å². The fourth-order valence-corrected chi connectivity index (χ4v) is 4.95. The fourth-order valence-electron chi connectivity index (χ4n) is 3.83. The summed E-state index contributed by atoms with van der Waals surface area (Å²) in [5.41, 5.74) is 9.15. The zero-order valence-electron chi connectivity index (χ0n) is 16.2. The van der Waals surface area contributed by atoms with E-state index >= 15 is 0 Å². The zero-order valence-corrected chi connectivity index (χ0v) is 17.8. The third kappa shape index (κ3) is 4.14. The summed E-state index contributed by atoms with van der Waals surface area (Å²) < 4.78 is 0. The van der Waals surface area contributed by atoms with Crippen molar-refractivity contribution in [3.05, 3.63) is 35.4 Å². The van der Waals surface area contributed by atoms with Crippen LogP contribution in [-0.4, -0.2) is 46.3 Å². The molecule has 2 aliphatic heterocycles. The Kier molecular flexibility index (Phi) is 6.07. The fraction of sp³-hybridized carbons (Fsp3) is 0.650. The number of nitrogens with one attached hydrogen (secondary N) is 3. The van der Waals surface area contributed by atoms with Gasteiger partial charge in [-0.05, 0) is 37.3 Å². The Morgan fingerprint density at radius 3 is 2.65 bits per heavy atom. The van der Waals surface area contributed by atoms with Crippen LogP contribution in [0.15, 0.2) is 24.3 Å². The van der Waals surface area contributed by atoms with E-state index in [0.717, 1.165) is 19.5 Å². The number of hydrogen-bond acceptors (Lipinski definition) is 4. The van der Waals surface area contributed by atoms with Gasteiger partial charge >= 0.3 is 0 Å². The van der Waals surface area contributed by atoms with Gasteiger partial charge in [0.05, 0.1) is 4.83 Å².